The first-order valence-corrected chi connectivity index (χ1v) is 8.95. The van der Waals surface area contributed by atoms with E-state index in [2.05, 4.69) is 39.4 Å². The largest absolute Gasteiger partial charge is 0.369 e. The van der Waals surface area contributed by atoms with E-state index in [-0.39, 0.29) is 0 Å². The number of benzene rings is 1. The Morgan fingerprint density at radius 3 is 2.80 bits per heavy atom. The maximum Gasteiger partial charge on any atom is 0.254 e. The molecular weight excluding hydrogens is 332 g/mol. The van der Waals surface area contributed by atoms with Gasteiger partial charge >= 0.3 is 0 Å². The molecule has 0 fully saturated rings. The smallest absolute Gasteiger partial charge is 0.254 e. The van der Waals surface area contributed by atoms with E-state index < -0.39 is 0 Å². The first kappa shape index (κ1) is 15.7. The van der Waals surface area contributed by atoms with Gasteiger partial charge in [0.1, 0.15) is 12.1 Å². The number of anilines is 1. The molecule has 4 rings (SSSR count). The standard InChI is InChI=1S/C18H18N6S/c1-12-10-15(24-18(22-12)20-11-21-24)19-9-8-16-23-17(13(2)25-16)14-6-4-3-5-7-14/h3-7,10-11,19H,8-9H2,1-2H3. The second-order valence-electron chi connectivity index (χ2n) is 5.81. The van der Waals surface area contributed by atoms with Crippen molar-refractivity contribution in [3.05, 3.63) is 58.3 Å². The van der Waals surface area contributed by atoms with Crippen molar-refractivity contribution in [2.24, 2.45) is 0 Å². The van der Waals surface area contributed by atoms with Gasteiger partial charge in [0.25, 0.3) is 5.78 Å². The van der Waals surface area contributed by atoms with Gasteiger partial charge < -0.3 is 5.32 Å². The van der Waals surface area contributed by atoms with Gasteiger partial charge in [-0.3, -0.25) is 0 Å². The molecule has 4 aromatic rings. The van der Waals surface area contributed by atoms with E-state index in [1.165, 1.54) is 16.8 Å². The average Bonchev–Trinajstić information content (AvgIpc) is 3.22. The molecule has 0 unspecified atom stereocenters. The zero-order valence-electron chi connectivity index (χ0n) is 14.1. The van der Waals surface area contributed by atoms with Crippen LogP contribution in [0.2, 0.25) is 0 Å². The predicted octanol–water partition coefficient (Wildman–Crippen LogP) is 3.52. The number of fused-ring (bicyclic) bond motifs is 1. The second kappa shape index (κ2) is 6.60. The maximum atomic E-state index is 4.81. The first-order chi connectivity index (χ1) is 12.2. The molecule has 0 atom stereocenters. The summed E-state index contributed by atoms with van der Waals surface area (Å²) in [6, 6.07) is 12.3. The minimum absolute atomic E-state index is 0.610. The Bertz CT molecular complexity index is 1010. The van der Waals surface area contributed by atoms with Crippen molar-refractivity contribution in [1.82, 2.24) is 24.6 Å². The Kier molecular flexibility index (Phi) is 4.15. The molecule has 126 valence electrons. The van der Waals surface area contributed by atoms with Crippen LogP contribution in [-0.2, 0) is 6.42 Å². The Labute approximate surface area is 149 Å². The van der Waals surface area contributed by atoms with E-state index in [1.807, 2.05) is 31.2 Å². The molecule has 0 saturated heterocycles. The molecule has 1 N–H and O–H groups in total. The summed E-state index contributed by atoms with van der Waals surface area (Å²) in [7, 11) is 0. The number of hydrogen-bond acceptors (Lipinski definition) is 6. The lowest BCUT2D eigenvalue weighted by atomic mass is 10.1. The predicted molar refractivity (Wildman–Crippen MR) is 100.0 cm³/mol. The summed E-state index contributed by atoms with van der Waals surface area (Å²) in [5.41, 5.74) is 3.17. The van der Waals surface area contributed by atoms with Crippen molar-refractivity contribution in [2.45, 2.75) is 20.3 Å². The molecule has 3 heterocycles. The topological polar surface area (TPSA) is 68.0 Å². The van der Waals surface area contributed by atoms with Gasteiger partial charge in [0.05, 0.1) is 10.7 Å². The van der Waals surface area contributed by atoms with Gasteiger partial charge in [0.15, 0.2) is 0 Å². The number of rotatable bonds is 5. The van der Waals surface area contributed by atoms with Gasteiger partial charge in [0.2, 0.25) is 0 Å². The summed E-state index contributed by atoms with van der Waals surface area (Å²) in [5.74, 6) is 1.51. The number of aromatic nitrogens is 5. The van der Waals surface area contributed by atoms with Crippen LogP contribution in [0, 0.1) is 13.8 Å². The van der Waals surface area contributed by atoms with Crippen LogP contribution in [0.4, 0.5) is 5.82 Å². The second-order valence-corrected chi connectivity index (χ2v) is 7.10. The Balaban J connectivity index is 1.48. The maximum absolute atomic E-state index is 4.81. The average molecular weight is 350 g/mol. The number of nitrogens with one attached hydrogen (secondary N) is 1. The normalized spacial score (nSPS) is 11.1. The first-order valence-electron chi connectivity index (χ1n) is 8.14. The molecule has 0 radical (unpaired) electrons. The van der Waals surface area contributed by atoms with Gasteiger partial charge in [0, 0.05) is 35.2 Å². The summed E-state index contributed by atoms with van der Waals surface area (Å²) in [6.07, 6.45) is 2.37. The highest BCUT2D eigenvalue weighted by Crippen LogP contribution is 2.27. The third kappa shape index (κ3) is 3.23. The quantitative estimate of drug-likeness (QED) is 0.596. The molecule has 0 aliphatic carbocycles. The molecule has 1 aromatic carbocycles. The number of hydrogen-bond donors (Lipinski definition) is 1. The molecule has 0 spiro atoms. The molecule has 0 bridgehead atoms. The molecule has 7 heteroatoms. The van der Waals surface area contributed by atoms with Gasteiger partial charge in [-0.25, -0.2) is 9.97 Å². The molecule has 0 aliphatic heterocycles. The van der Waals surface area contributed by atoms with E-state index in [0.717, 1.165) is 35.2 Å². The van der Waals surface area contributed by atoms with Crippen molar-refractivity contribution < 1.29 is 0 Å². The summed E-state index contributed by atoms with van der Waals surface area (Å²) in [6.45, 7) is 4.86. The Morgan fingerprint density at radius 2 is 1.96 bits per heavy atom. The Hall–Kier alpha value is -2.80. The van der Waals surface area contributed by atoms with Gasteiger partial charge in [-0.1, -0.05) is 30.3 Å². The highest BCUT2D eigenvalue weighted by Gasteiger charge is 2.10. The van der Waals surface area contributed by atoms with Crippen LogP contribution in [0.5, 0.6) is 0 Å². The number of nitrogens with zero attached hydrogens (tertiary/aromatic N) is 5. The SMILES string of the molecule is Cc1cc(NCCc2nc(-c3ccccc3)c(C)s2)n2ncnc2n1. The minimum Gasteiger partial charge on any atom is -0.369 e. The fourth-order valence-corrected chi connectivity index (χ4v) is 3.73. The molecule has 25 heavy (non-hydrogen) atoms. The fraction of sp³-hybridized carbons (Fsp3) is 0.222. The van der Waals surface area contributed by atoms with Crippen molar-refractivity contribution >= 4 is 22.9 Å². The van der Waals surface area contributed by atoms with Gasteiger partial charge in [-0.05, 0) is 13.8 Å². The molecular formula is C18H18N6S. The summed E-state index contributed by atoms with van der Waals surface area (Å²) in [4.78, 5) is 14.6. The zero-order chi connectivity index (χ0) is 17.2. The fourth-order valence-electron chi connectivity index (χ4n) is 2.78. The monoisotopic (exact) mass is 350 g/mol. The zero-order valence-corrected chi connectivity index (χ0v) is 14.9. The van der Waals surface area contributed by atoms with E-state index in [1.54, 1.807) is 15.9 Å². The van der Waals surface area contributed by atoms with E-state index in [0.29, 0.717) is 5.78 Å². The van der Waals surface area contributed by atoms with Crippen molar-refractivity contribution in [1.29, 1.82) is 0 Å². The Morgan fingerprint density at radius 1 is 1.12 bits per heavy atom. The summed E-state index contributed by atoms with van der Waals surface area (Å²) in [5, 5.41) is 8.76. The number of aryl methyl sites for hydroxylation is 2. The van der Waals surface area contributed by atoms with Crippen molar-refractivity contribution in [3.8, 4) is 11.3 Å². The molecule has 0 amide bonds. The van der Waals surface area contributed by atoms with E-state index in [9.17, 15) is 0 Å². The molecule has 0 saturated carbocycles. The molecule has 0 aliphatic rings. The van der Waals surface area contributed by atoms with Crippen LogP contribution in [0.3, 0.4) is 0 Å². The van der Waals surface area contributed by atoms with Crippen LogP contribution < -0.4 is 5.32 Å². The highest BCUT2D eigenvalue weighted by molar-refractivity contribution is 7.12. The van der Waals surface area contributed by atoms with E-state index in [4.69, 9.17) is 4.98 Å². The van der Waals surface area contributed by atoms with Crippen LogP contribution in [-0.4, -0.2) is 31.1 Å². The molecule has 6 nitrogen and oxygen atoms in total. The van der Waals surface area contributed by atoms with Crippen LogP contribution in [0.15, 0.2) is 42.7 Å². The summed E-state index contributed by atoms with van der Waals surface area (Å²) < 4.78 is 1.72. The van der Waals surface area contributed by atoms with Crippen molar-refractivity contribution in [2.75, 3.05) is 11.9 Å². The minimum atomic E-state index is 0.610. The van der Waals surface area contributed by atoms with E-state index >= 15 is 0 Å². The number of thiazole rings is 1. The third-order valence-corrected chi connectivity index (χ3v) is 4.94. The van der Waals surface area contributed by atoms with Crippen LogP contribution in [0.25, 0.3) is 17.0 Å². The highest BCUT2D eigenvalue weighted by atomic mass is 32.1. The van der Waals surface area contributed by atoms with Crippen molar-refractivity contribution in [3.63, 3.8) is 0 Å². The third-order valence-electron chi connectivity index (χ3n) is 3.91. The van der Waals surface area contributed by atoms with Gasteiger partial charge in [-0.2, -0.15) is 14.6 Å². The van der Waals surface area contributed by atoms with Gasteiger partial charge in [-0.15, -0.1) is 11.3 Å². The summed E-state index contributed by atoms with van der Waals surface area (Å²) >= 11 is 1.75. The lowest BCUT2D eigenvalue weighted by Crippen LogP contribution is -2.10. The lowest BCUT2D eigenvalue weighted by Gasteiger charge is -2.07. The van der Waals surface area contributed by atoms with Crippen LogP contribution in [0.1, 0.15) is 15.6 Å². The van der Waals surface area contributed by atoms with Crippen LogP contribution >= 0.6 is 11.3 Å². The molecule has 3 aromatic heterocycles. The lowest BCUT2D eigenvalue weighted by molar-refractivity contribution is 0.903.